The van der Waals surface area contributed by atoms with Crippen LogP contribution in [-0.2, 0) is 14.3 Å². The summed E-state index contributed by atoms with van der Waals surface area (Å²) >= 11 is 6.10. The van der Waals surface area contributed by atoms with Gasteiger partial charge in [0.1, 0.15) is 11.5 Å². The Morgan fingerprint density at radius 2 is 1.83 bits per heavy atom. The van der Waals surface area contributed by atoms with Crippen molar-refractivity contribution in [3.8, 4) is 5.75 Å². The molecule has 0 saturated carbocycles. The number of amides is 1. The van der Waals surface area contributed by atoms with E-state index in [0.717, 1.165) is 30.6 Å². The van der Waals surface area contributed by atoms with Gasteiger partial charge in [-0.15, -0.1) is 0 Å². The number of aliphatic hydroxyl groups is 1. The number of nitrogens with zero attached hydrogens (tertiary/aromatic N) is 2. The molecule has 0 aliphatic carbocycles. The molecule has 35 heavy (non-hydrogen) atoms. The highest BCUT2D eigenvalue weighted by molar-refractivity contribution is 6.46. The van der Waals surface area contributed by atoms with E-state index in [-0.39, 0.29) is 11.3 Å². The summed E-state index contributed by atoms with van der Waals surface area (Å²) in [6.07, 6.45) is 0.885. The monoisotopic (exact) mass is 498 g/mol. The molecular weight excluding hydrogens is 468 g/mol. The number of halogens is 1. The molecule has 2 aromatic rings. The lowest BCUT2D eigenvalue weighted by atomic mass is 9.94. The van der Waals surface area contributed by atoms with Gasteiger partial charge in [-0.3, -0.25) is 14.5 Å². The zero-order chi connectivity index (χ0) is 24.9. The summed E-state index contributed by atoms with van der Waals surface area (Å²) in [5.41, 5.74) is 2.06. The molecule has 0 aromatic heterocycles. The fourth-order valence-corrected chi connectivity index (χ4v) is 4.66. The van der Waals surface area contributed by atoms with Crippen LogP contribution in [0.4, 0.5) is 0 Å². The number of morpholine rings is 1. The van der Waals surface area contributed by atoms with Crippen LogP contribution in [0.5, 0.6) is 5.75 Å². The van der Waals surface area contributed by atoms with Crippen LogP contribution in [0.25, 0.3) is 5.76 Å². The van der Waals surface area contributed by atoms with Crippen LogP contribution in [-0.4, -0.2) is 72.6 Å². The van der Waals surface area contributed by atoms with Gasteiger partial charge < -0.3 is 19.5 Å². The average molecular weight is 499 g/mol. The maximum Gasteiger partial charge on any atom is 0.295 e. The Kier molecular flexibility index (Phi) is 8.11. The normalized spacial score (nSPS) is 20.4. The lowest BCUT2D eigenvalue weighted by Crippen LogP contribution is -2.42. The minimum atomic E-state index is -0.705. The van der Waals surface area contributed by atoms with Crippen molar-refractivity contribution < 1.29 is 24.2 Å². The first-order chi connectivity index (χ1) is 16.9. The maximum absolute atomic E-state index is 13.3. The minimum absolute atomic E-state index is 0.0876. The molecule has 0 bridgehead atoms. The number of ketones is 1. The Hall–Kier alpha value is -2.87. The van der Waals surface area contributed by atoms with Gasteiger partial charge in [-0.2, -0.15) is 0 Å². The van der Waals surface area contributed by atoms with Crippen molar-refractivity contribution in [2.24, 2.45) is 0 Å². The zero-order valence-electron chi connectivity index (χ0n) is 20.1. The van der Waals surface area contributed by atoms with Crippen molar-refractivity contribution >= 4 is 29.1 Å². The van der Waals surface area contributed by atoms with Crippen molar-refractivity contribution in [2.45, 2.75) is 26.3 Å². The number of aliphatic hydroxyl groups excluding tert-OH is 1. The highest BCUT2D eigenvalue weighted by Crippen LogP contribution is 2.40. The van der Waals surface area contributed by atoms with Crippen LogP contribution >= 0.6 is 11.6 Å². The fourth-order valence-electron chi connectivity index (χ4n) is 4.53. The van der Waals surface area contributed by atoms with E-state index in [9.17, 15) is 14.7 Å². The molecule has 8 heteroatoms. The predicted molar refractivity (Wildman–Crippen MR) is 135 cm³/mol. The third-order valence-corrected chi connectivity index (χ3v) is 6.66. The lowest BCUT2D eigenvalue weighted by Gasteiger charge is -2.31. The maximum atomic E-state index is 13.3. The van der Waals surface area contributed by atoms with Crippen molar-refractivity contribution in [3.05, 3.63) is 69.8 Å². The Morgan fingerprint density at radius 3 is 2.49 bits per heavy atom. The molecule has 0 unspecified atom stereocenters. The molecule has 0 radical (unpaired) electrons. The number of Topliss-reactive ketones (excluding diaryl/α,β-unsaturated/α-hetero) is 1. The van der Waals surface area contributed by atoms with Crippen LogP contribution < -0.4 is 4.74 Å². The summed E-state index contributed by atoms with van der Waals surface area (Å²) in [6, 6.07) is 11.7. The van der Waals surface area contributed by atoms with Gasteiger partial charge in [0.25, 0.3) is 11.7 Å². The van der Waals surface area contributed by atoms with Crippen molar-refractivity contribution in [1.29, 1.82) is 0 Å². The number of likely N-dealkylation sites (tertiary alicyclic amines) is 1. The van der Waals surface area contributed by atoms with Crippen LogP contribution in [0.15, 0.2) is 48.0 Å². The van der Waals surface area contributed by atoms with E-state index in [1.807, 2.05) is 19.9 Å². The van der Waals surface area contributed by atoms with E-state index in [4.69, 9.17) is 21.1 Å². The fraction of sp³-hybridized carbons (Fsp3) is 0.407. The third-order valence-electron chi connectivity index (χ3n) is 6.41. The molecule has 2 aromatic carbocycles. The second-order valence-corrected chi connectivity index (χ2v) is 9.26. The number of aryl methyl sites for hydroxylation is 1. The van der Waals surface area contributed by atoms with Crippen LogP contribution in [0, 0.1) is 6.92 Å². The first-order valence-electron chi connectivity index (χ1n) is 12.0. The number of benzene rings is 2. The molecule has 2 heterocycles. The van der Waals surface area contributed by atoms with Crippen molar-refractivity contribution in [1.82, 2.24) is 9.80 Å². The first-order valence-corrected chi connectivity index (χ1v) is 12.4. The smallest absolute Gasteiger partial charge is 0.295 e. The summed E-state index contributed by atoms with van der Waals surface area (Å²) < 4.78 is 11.1. The summed E-state index contributed by atoms with van der Waals surface area (Å²) in [4.78, 5) is 30.2. The zero-order valence-corrected chi connectivity index (χ0v) is 20.9. The Balaban J connectivity index is 1.71. The van der Waals surface area contributed by atoms with E-state index >= 15 is 0 Å². The molecule has 1 N–H and O–H groups in total. The van der Waals surface area contributed by atoms with Crippen LogP contribution in [0.3, 0.4) is 0 Å². The van der Waals surface area contributed by atoms with Gasteiger partial charge in [0.15, 0.2) is 0 Å². The van der Waals surface area contributed by atoms with Crippen LogP contribution in [0.2, 0.25) is 5.02 Å². The molecule has 4 rings (SSSR count). The van der Waals surface area contributed by atoms with E-state index in [1.165, 1.54) is 0 Å². The molecule has 2 fully saturated rings. The van der Waals surface area contributed by atoms with Gasteiger partial charge in [0.2, 0.25) is 0 Å². The minimum Gasteiger partial charge on any atom is -0.507 e. The largest absolute Gasteiger partial charge is 0.507 e. The molecule has 7 nitrogen and oxygen atoms in total. The summed E-state index contributed by atoms with van der Waals surface area (Å²) in [5, 5.41) is 11.9. The van der Waals surface area contributed by atoms with E-state index < -0.39 is 17.7 Å². The van der Waals surface area contributed by atoms with Crippen LogP contribution in [0.1, 0.15) is 36.1 Å². The third kappa shape index (κ3) is 5.53. The first kappa shape index (κ1) is 25.2. The van der Waals surface area contributed by atoms with Gasteiger partial charge in [-0.05, 0) is 54.8 Å². The Morgan fingerprint density at radius 1 is 1.11 bits per heavy atom. The van der Waals surface area contributed by atoms with E-state index in [1.54, 1.807) is 41.3 Å². The molecule has 1 atom stereocenters. The summed E-state index contributed by atoms with van der Waals surface area (Å²) in [6.45, 7) is 8.30. The predicted octanol–water partition coefficient (Wildman–Crippen LogP) is 4.19. The summed E-state index contributed by atoms with van der Waals surface area (Å²) in [5.74, 6) is -0.784. The highest BCUT2D eigenvalue weighted by Gasteiger charge is 2.46. The van der Waals surface area contributed by atoms with Crippen molar-refractivity contribution in [3.63, 3.8) is 0 Å². The standard InChI is InChI=1S/C27H31ClN2O5/c1-3-14-35-21-8-9-22(18(2)17-21)25(31)23-24(19-4-6-20(28)7-5-19)30(27(33)26(23)32)11-10-29-12-15-34-16-13-29/h4-9,17,24,31H,3,10-16H2,1-2H3/t24-/m0/s1. The average Bonchev–Trinajstić information content (AvgIpc) is 3.12. The number of carbonyl (C=O) groups is 2. The number of hydrogen-bond acceptors (Lipinski definition) is 6. The number of rotatable bonds is 8. The topological polar surface area (TPSA) is 79.3 Å². The molecule has 1 amide bonds. The molecule has 0 spiro atoms. The van der Waals surface area contributed by atoms with E-state index in [2.05, 4.69) is 4.90 Å². The van der Waals surface area contributed by atoms with Gasteiger partial charge >= 0.3 is 0 Å². The summed E-state index contributed by atoms with van der Waals surface area (Å²) in [7, 11) is 0. The Bertz CT molecular complexity index is 1110. The lowest BCUT2D eigenvalue weighted by molar-refractivity contribution is -0.140. The Labute approximate surface area is 210 Å². The molecular formula is C27H31ClN2O5. The van der Waals surface area contributed by atoms with Crippen molar-refractivity contribution in [2.75, 3.05) is 46.0 Å². The van der Waals surface area contributed by atoms with E-state index in [0.29, 0.717) is 49.2 Å². The quantitative estimate of drug-likeness (QED) is 0.334. The molecule has 2 saturated heterocycles. The number of hydrogen-bond donors (Lipinski definition) is 1. The van der Waals surface area contributed by atoms with Gasteiger partial charge in [-0.1, -0.05) is 30.7 Å². The molecule has 186 valence electrons. The molecule has 2 aliphatic rings. The number of ether oxygens (including phenoxy) is 2. The van der Waals surface area contributed by atoms with Gasteiger partial charge in [0.05, 0.1) is 31.4 Å². The van der Waals surface area contributed by atoms with Gasteiger partial charge in [0, 0.05) is 36.8 Å². The SMILES string of the molecule is CCCOc1ccc(C(O)=C2C(=O)C(=O)N(CCN3CCOCC3)[C@H]2c2ccc(Cl)cc2)c(C)c1. The molecule has 2 aliphatic heterocycles. The second-order valence-electron chi connectivity index (χ2n) is 8.82. The van der Waals surface area contributed by atoms with Gasteiger partial charge in [-0.25, -0.2) is 0 Å². The second kappa shape index (κ2) is 11.2. The highest BCUT2D eigenvalue weighted by atomic mass is 35.5. The number of carbonyl (C=O) groups excluding carboxylic acids is 2.